The van der Waals surface area contributed by atoms with Gasteiger partial charge in [-0.25, -0.2) is 0 Å². The molecule has 4 nitrogen and oxygen atoms in total. The molecule has 0 atom stereocenters. The van der Waals surface area contributed by atoms with Crippen molar-refractivity contribution in [1.82, 2.24) is 0 Å². The molecule has 0 unspecified atom stereocenters. The fourth-order valence-corrected chi connectivity index (χ4v) is 2.56. The number of aryl methyl sites for hydroxylation is 1. The second-order valence-electron chi connectivity index (χ2n) is 2.95. The number of Topliss-reactive ketones (excluding diaryl/α,β-unsaturated/α-hetero) is 1. The summed E-state index contributed by atoms with van der Waals surface area (Å²) in [4.78, 5) is 21.8. The molecule has 0 heterocycles. The highest BCUT2D eigenvalue weighted by atomic mass is 127. The van der Waals surface area contributed by atoms with E-state index in [2.05, 4.69) is 15.9 Å². The highest BCUT2D eigenvalue weighted by Crippen LogP contribution is 2.26. The summed E-state index contributed by atoms with van der Waals surface area (Å²) in [6, 6.07) is 3.17. The Bertz CT molecular complexity index is 434. The second kappa shape index (κ2) is 5.02. The molecule has 0 aliphatic rings. The molecule has 0 N–H and O–H groups in total. The first-order valence-electron chi connectivity index (χ1n) is 4.01. The van der Waals surface area contributed by atoms with Crippen LogP contribution in [0.3, 0.4) is 0 Å². The van der Waals surface area contributed by atoms with Gasteiger partial charge in [0, 0.05) is 9.64 Å². The largest absolute Gasteiger partial charge is 0.293 e. The van der Waals surface area contributed by atoms with Crippen LogP contribution in [0.25, 0.3) is 0 Å². The minimum atomic E-state index is -0.523. The Labute approximate surface area is 108 Å². The SMILES string of the molecule is Cc1cc(I)c(C(=O)CBr)c([N+](=O)[O-])c1. The van der Waals surface area contributed by atoms with Crippen molar-refractivity contribution in [2.24, 2.45) is 0 Å². The first-order chi connectivity index (χ1) is 6.97. The van der Waals surface area contributed by atoms with Crippen molar-refractivity contribution < 1.29 is 9.72 Å². The number of hydrogen-bond acceptors (Lipinski definition) is 3. The molecule has 15 heavy (non-hydrogen) atoms. The van der Waals surface area contributed by atoms with Crippen molar-refractivity contribution in [2.75, 3.05) is 5.33 Å². The Morgan fingerprint density at radius 2 is 2.20 bits per heavy atom. The van der Waals surface area contributed by atoms with E-state index in [1.165, 1.54) is 6.07 Å². The monoisotopic (exact) mass is 383 g/mol. The lowest BCUT2D eigenvalue weighted by Crippen LogP contribution is -2.07. The molecule has 0 saturated carbocycles. The number of nitrogens with zero attached hydrogens (tertiary/aromatic N) is 1. The van der Waals surface area contributed by atoms with Crippen molar-refractivity contribution in [3.05, 3.63) is 36.9 Å². The molecular weight excluding hydrogens is 377 g/mol. The number of ketones is 1. The molecule has 1 aromatic rings. The maximum Gasteiger partial charge on any atom is 0.281 e. The third-order valence-corrected chi connectivity index (χ3v) is 3.17. The van der Waals surface area contributed by atoms with Crippen molar-refractivity contribution in [1.29, 1.82) is 0 Å². The quantitative estimate of drug-likeness (QED) is 0.265. The first kappa shape index (κ1) is 12.6. The number of nitro groups is 1. The number of hydrogen-bond donors (Lipinski definition) is 0. The predicted octanol–water partition coefficient (Wildman–Crippen LogP) is 3.09. The lowest BCUT2D eigenvalue weighted by atomic mass is 10.1. The molecule has 0 fully saturated rings. The maximum atomic E-state index is 11.5. The zero-order valence-electron chi connectivity index (χ0n) is 7.79. The fraction of sp³-hybridized carbons (Fsp3) is 0.222. The average Bonchev–Trinajstić information content (AvgIpc) is 2.15. The number of carbonyl (C=O) groups excluding carboxylic acids is 1. The zero-order valence-corrected chi connectivity index (χ0v) is 11.5. The summed E-state index contributed by atoms with van der Waals surface area (Å²) in [6.07, 6.45) is 0. The van der Waals surface area contributed by atoms with E-state index >= 15 is 0 Å². The summed E-state index contributed by atoms with van der Waals surface area (Å²) in [5.41, 5.74) is 0.837. The second-order valence-corrected chi connectivity index (χ2v) is 4.68. The van der Waals surface area contributed by atoms with E-state index in [1.54, 1.807) is 13.0 Å². The number of nitro benzene ring substituents is 1. The predicted molar refractivity (Wildman–Crippen MR) is 68.7 cm³/mol. The van der Waals surface area contributed by atoms with E-state index in [4.69, 9.17) is 0 Å². The van der Waals surface area contributed by atoms with Gasteiger partial charge in [0.05, 0.1) is 10.3 Å². The van der Waals surface area contributed by atoms with Crippen LogP contribution in [0, 0.1) is 20.6 Å². The van der Waals surface area contributed by atoms with Crippen LogP contribution in [-0.2, 0) is 0 Å². The molecule has 0 amide bonds. The van der Waals surface area contributed by atoms with Crippen molar-refractivity contribution >= 4 is 50.0 Å². The number of carbonyl (C=O) groups is 1. The molecule has 0 aromatic heterocycles. The summed E-state index contributed by atoms with van der Waals surface area (Å²) in [7, 11) is 0. The Balaban J connectivity index is 3.46. The average molecular weight is 384 g/mol. The van der Waals surface area contributed by atoms with Crippen LogP contribution in [0.2, 0.25) is 0 Å². The van der Waals surface area contributed by atoms with Crippen LogP contribution in [0.1, 0.15) is 15.9 Å². The summed E-state index contributed by atoms with van der Waals surface area (Å²) < 4.78 is 0.615. The van der Waals surface area contributed by atoms with Gasteiger partial charge in [0.1, 0.15) is 5.56 Å². The molecule has 0 saturated heterocycles. The van der Waals surface area contributed by atoms with E-state index in [0.29, 0.717) is 3.57 Å². The number of benzene rings is 1. The van der Waals surface area contributed by atoms with E-state index in [0.717, 1.165) is 5.56 Å². The molecule has 1 aromatic carbocycles. The van der Waals surface area contributed by atoms with Crippen LogP contribution >= 0.6 is 38.5 Å². The molecule has 80 valence electrons. The van der Waals surface area contributed by atoms with Crippen LogP contribution in [-0.4, -0.2) is 16.0 Å². The van der Waals surface area contributed by atoms with Gasteiger partial charge in [-0.1, -0.05) is 15.9 Å². The lowest BCUT2D eigenvalue weighted by Gasteiger charge is -2.04. The van der Waals surface area contributed by atoms with E-state index in [1.807, 2.05) is 22.6 Å². The Hall–Kier alpha value is -0.500. The molecule has 0 aliphatic carbocycles. The molecule has 6 heteroatoms. The molecule has 0 spiro atoms. The van der Waals surface area contributed by atoms with Crippen LogP contribution in [0.4, 0.5) is 5.69 Å². The van der Waals surface area contributed by atoms with E-state index in [-0.39, 0.29) is 22.4 Å². The molecule has 1 rings (SSSR count). The number of halogens is 2. The molecule has 0 bridgehead atoms. The topological polar surface area (TPSA) is 60.2 Å². The number of rotatable bonds is 3. The standard InChI is InChI=1S/C9H7BrINO3/c1-5-2-6(11)9(8(13)4-10)7(3-5)12(14)15/h2-3H,4H2,1H3. The van der Waals surface area contributed by atoms with E-state index in [9.17, 15) is 14.9 Å². The minimum absolute atomic E-state index is 0.0902. The van der Waals surface area contributed by atoms with Crippen LogP contribution in [0.15, 0.2) is 12.1 Å². The highest BCUT2D eigenvalue weighted by molar-refractivity contribution is 14.1. The minimum Gasteiger partial charge on any atom is -0.293 e. The third kappa shape index (κ3) is 2.75. The first-order valence-corrected chi connectivity index (χ1v) is 6.21. The van der Waals surface area contributed by atoms with Gasteiger partial charge >= 0.3 is 0 Å². The van der Waals surface area contributed by atoms with Gasteiger partial charge in [0.25, 0.3) is 5.69 Å². The lowest BCUT2D eigenvalue weighted by molar-refractivity contribution is -0.385. The van der Waals surface area contributed by atoms with Gasteiger partial charge in [-0.2, -0.15) is 0 Å². The van der Waals surface area contributed by atoms with Crippen molar-refractivity contribution in [3.8, 4) is 0 Å². The third-order valence-electron chi connectivity index (χ3n) is 1.81. The summed E-state index contributed by atoms with van der Waals surface area (Å²) in [5.74, 6) is -0.272. The zero-order chi connectivity index (χ0) is 11.6. The smallest absolute Gasteiger partial charge is 0.281 e. The van der Waals surface area contributed by atoms with Crippen molar-refractivity contribution in [3.63, 3.8) is 0 Å². The van der Waals surface area contributed by atoms with Gasteiger partial charge in [-0.15, -0.1) is 0 Å². The summed E-state index contributed by atoms with van der Waals surface area (Å²) >= 11 is 4.95. The van der Waals surface area contributed by atoms with Gasteiger partial charge in [-0.3, -0.25) is 14.9 Å². The molecule has 0 aliphatic heterocycles. The number of alkyl halides is 1. The van der Waals surface area contributed by atoms with Crippen molar-refractivity contribution in [2.45, 2.75) is 6.92 Å². The van der Waals surface area contributed by atoms with Gasteiger partial charge in [0.2, 0.25) is 0 Å². The van der Waals surface area contributed by atoms with Gasteiger partial charge in [-0.05, 0) is 41.1 Å². The molecule has 0 radical (unpaired) electrons. The highest BCUT2D eigenvalue weighted by Gasteiger charge is 2.22. The van der Waals surface area contributed by atoms with Gasteiger partial charge < -0.3 is 0 Å². The fourth-order valence-electron chi connectivity index (χ4n) is 1.21. The molecular formula is C9H7BrINO3. The van der Waals surface area contributed by atoms with Gasteiger partial charge in [0.15, 0.2) is 5.78 Å². The van der Waals surface area contributed by atoms with Crippen LogP contribution in [0.5, 0.6) is 0 Å². The normalized spacial score (nSPS) is 10.1. The van der Waals surface area contributed by atoms with E-state index < -0.39 is 4.92 Å². The Kier molecular flexibility index (Phi) is 4.21. The summed E-state index contributed by atoms with van der Waals surface area (Å²) in [6.45, 7) is 1.76. The Morgan fingerprint density at radius 3 is 2.67 bits per heavy atom. The summed E-state index contributed by atoms with van der Waals surface area (Å²) in [5, 5.41) is 10.9. The maximum absolute atomic E-state index is 11.5. The Morgan fingerprint density at radius 1 is 1.60 bits per heavy atom. The van der Waals surface area contributed by atoms with Crippen LogP contribution < -0.4 is 0 Å².